The second kappa shape index (κ2) is 4.60. The number of alkyl halides is 1. The molecule has 0 radical (unpaired) electrons. The van der Waals surface area contributed by atoms with Gasteiger partial charge in [0.15, 0.2) is 0 Å². The zero-order chi connectivity index (χ0) is 8.91. The van der Waals surface area contributed by atoms with Gasteiger partial charge in [0.05, 0.1) is 5.54 Å². The second-order valence-electron chi connectivity index (χ2n) is 2.80. The Balaban J connectivity index is 4.16. The first kappa shape index (κ1) is 10.8. The molecule has 0 heterocycles. The Hall–Kier alpha value is -0.240. The highest BCUT2D eigenvalue weighted by molar-refractivity contribution is 6.18. The third kappa shape index (κ3) is 3.10. The van der Waals surface area contributed by atoms with Gasteiger partial charge in [-0.2, -0.15) is 0 Å². The molecule has 0 saturated carbocycles. The van der Waals surface area contributed by atoms with Gasteiger partial charge in [-0.3, -0.25) is 4.79 Å². The van der Waals surface area contributed by atoms with Crippen molar-refractivity contribution < 1.29 is 4.79 Å². The van der Waals surface area contributed by atoms with Crippen LogP contribution < -0.4 is 5.32 Å². The van der Waals surface area contributed by atoms with Gasteiger partial charge in [0.2, 0.25) is 5.91 Å². The standard InChI is InChI=1S/C8H16ClNO/c1-4-8(5-2,6-9)10-7(3)11/h4-6H2,1-3H3,(H,10,11). The van der Waals surface area contributed by atoms with Gasteiger partial charge in [-0.15, -0.1) is 11.6 Å². The molecule has 0 unspecified atom stereocenters. The topological polar surface area (TPSA) is 29.1 Å². The summed E-state index contributed by atoms with van der Waals surface area (Å²) < 4.78 is 0. The first-order valence-electron chi connectivity index (χ1n) is 3.95. The van der Waals surface area contributed by atoms with Crippen molar-refractivity contribution in [2.45, 2.75) is 39.2 Å². The Morgan fingerprint density at radius 2 is 1.91 bits per heavy atom. The molecule has 3 heteroatoms. The van der Waals surface area contributed by atoms with E-state index in [4.69, 9.17) is 11.6 Å². The van der Waals surface area contributed by atoms with Crippen molar-refractivity contribution in [3.8, 4) is 0 Å². The van der Waals surface area contributed by atoms with E-state index in [-0.39, 0.29) is 11.4 Å². The number of hydrogen-bond donors (Lipinski definition) is 1. The van der Waals surface area contributed by atoms with E-state index in [9.17, 15) is 4.79 Å². The van der Waals surface area contributed by atoms with E-state index in [1.165, 1.54) is 6.92 Å². The number of halogens is 1. The Morgan fingerprint density at radius 3 is 2.00 bits per heavy atom. The zero-order valence-corrected chi connectivity index (χ0v) is 8.16. The molecule has 66 valence electrons. The number of amides is 1. The van der Waals surface area contributed by atoms with Crippen LogP contribution in [0.4, 0.5) is 0 Å². The molecule has 11 heavy (non-hydrogen) atoms. The molecule has 2 nitrogen and oxygen atoms in total. The van der Waals surface area contributed by atoms with Gasteiger partial charge in [-0.05, 0) is 12.8 Å². The third-order valence-corrected chi connectivity index (χ3v) is 2.56. The van der Waals surface area contributed by atoms with Crippen LogP contribution in [0.1, 0.15) is 33.6 Å². The summed E-state index contributed by atoms with van der Waals surface area (Å²) >= 11 is 5.75. The van der Waals surface area contributed by atoms with E-state index >= 15 is 0 Å². The van der Waals surface area contributed by atoms with Crippen LogP contribution in [0.2, 0.25) is 0 Å². The molecule has 0 atom stereocenters. The summed E-state index contributed by atoms with van der Waals surface area (Å²) in [4.78, 5) is 10.8. The van der Waals surface area contributed by atoms with Crippen molar-refractivity contribution in [1.82, 2.24) is 5.32 Å². The molecule has 0 saturated heterocycles. The monoisotopic (exact) mass is 177 g/mol. The van der Waals surface area contributed by atoms with Crippen LogP contribution in [0.25, 0.3) is 0 Å². The maximum absolute atomic E-state index is 10.8. The van der Waals surface area contributed by atoms with Gasteiger partial charge >= 0.3 is 0 Å². The lowest BCUT2D eigenvalue weighted by Crippen LogP contribution is -2.48. The molecule has 0 aromatic rings. The van der Waals surface area contributed by atoms with Crippen molar-refractivity contribution in [3.05, 3.63) is 0 Å². The highest BCUT2D eigenvalue weighted by Gasteiger charge is 2.25. The molecule has 0 aliphatic heterocycles. The molecule has 0 aliphatic rings. The Bertz CT molecular complexity index is 124. The molecule has 0 spiro atoms. The summed E-state index contributed by atoms with van der Waals surface area (Å²) in [6.07, 6.45) is 1.76. The number of rotatable bonds is 4. The molecule has 0 bridgehead atoms. The fourth-order valence-electron chi connectivity index (χ4n) is 1.02. The maximum atomic E-state index is 10.8. The summed E-state index contributed by atoms with van der Waals surface area (Å²) in [6, 6.07) is 0. The average Bonchev–Trinajstić information content (AvgIpc) is 2.00. The highest BCUT2D eigenvalue weighted by atomic mass is 35.5. The molecular formula is C8H16ClNO. The van der Waals surface area contributed by atoms with Crippen LogP contribution >= 0.6 is 11.6 Å². The summed E-state index contributed by atoms with van der Waals surface area (Å²) in [5.41, 5.74) is -0.187. The minimum absolute atomic E-state index is 0.00523. The Kier molecular flexibility index (Phi) is 4.50. The SMILES string of the molecule is CCC(CC)(CCl)NC(C)=O. The minimum Gasteiger partial charge on any atom is -0.350 e. The van der Waals surface area contributed by atoms with Crippen LogP contribution in [0.5, 0.6) is 0 Å². The summed E-state index contributed by atoms with van der Waals surface area (Å²) in [5, 5.41) is 2.87. The van der Waals surface area contributed by atoms with E-state index in [1.54, 1.807) is 0 Å². The van der Waals surface area contributed by atoms with Crippen LogP contribution in [-0.4, -0.2) is 17.3 Å². The minimum atomic E-state index is -0.187. The van der Waals surface area contributed by atoms with Crippen molar-refractivity contribution >= 4 is 17.5 Å². The van der Waals surface area contributed by atoms with Crippen molar-refractivity contribution in [3.63, 3.8) is 0 Å². The largest absolute Gasteiger partial charge is 0.350 e. The van der Waals surface area contributed by atoms with E-state index in [0.717, 1.165) is 12.8 Å². The zero-order valence-electron chi connectivity index (χ0n) is 7.41. The smallest absolute Gasteiger partial charge is 0.217 e. The lowest BCUT2D eigenvalue weighted by Gasteiger charge is -2.29. The molecule has 0 fully saturated rings. The summed E-state index contributed by atoms with van der Waals surface area (Å²) in [6.45, 7) is 5.58. The number of hydrogen-bond acceptors (Lipinski definition) is 1. The molecule has 0 aromatic carbocycles. The van der Waals surface area contributed by atoms with Crippen LogP contribution in [0.15, 0.2) is 0 Å². The average molecular weight is 178 g/mol. The Morgan fingerprint density at radius 1 is 1.45 bits per heavy atom. The second-order valence-corrected chi connectivity index (χ2v) is 3.07. The molecule has 1 N–H and O–H groups in total. The summed E-state index contributed by atoms with van der Waals surface area (Å²) in [5.74, 6) is 0.480. The predicted molar refractivity (Wildman–Crippen MR) is 47.8 cm³/mol. The van der Waals surface area contributed by atoms with E-state index in [2.05, 4.69) is 5.32 Å². The Labute approximate surface area is 73.3 Å². The number of nitrogens with one attached hydrogen (secondary N) is 1. The van der Waals surface area contributed by atoms with Crippen molar-refractivity contribution in [1.29, 1.82) is 0 Å². The fraction of sp³-hybridized carbons (Fsp3) is 0.875. The van der Waals surface area contributed by atoms with Crippen LogP contribution in [0, 0.1) is 0 Å². The van der Waals surface area contributed by atoms with Gasteiger partial charge in [0.1, 0.15) is 0 Å². The van der Waals surface area contributed by atoms with Crippen LogP contribution in [0.3, 0.4) is 0 Å². The number of carbonyl (C=O) groups is 1. The lowest BCUT2D eigenvalue weighted by atomic mass is 9.95. The number of carbonyl (C=O) groups excluding carboxylic acids is 1. The van der Waals surface area contributed by atoms with Crippen LogP contribution in [-0.2, 0) is 4.79 Å². The fourth-order valence-corrected chi connectivity index (χ4v) is 1.47. The normalized spacial score (nSPS) is 11.3. The van der Waals surface area contributed by atoms with Crippen molar-refractivity contribution in [2.75, 3.05) is 5.88 Å². The van der Waals surface area contributed by atoms with Gasteiger partial charge in [-0.1, -0.05) is 13.8 Å². The highest BCUT2D eigenvalue weighted by Crippen LogP contribution is 2.16. The molecule has 0 aliphatic carbocycles. The van der Waals surface area contributed by atoms with Crippen molar-refractivity contribution in [2.24, 2.45) is 0 Å². The van der Waals surface area contributed by atoms with E-state index in [1.807, 2.05) is 13.8 Å². The molecule has 0 aromatic heterocycles. The first-order chi connectivity index (χ1) is 5.10. The quantitative estimate of drug-likeness (QED) is 0.654. The van der Waals surface area contributed by atoms with E-state index in [0.29, 0.717) is 5.88 Å². The molecule has 1 amide bonds. The predicted octanol–water partition coefficient (Wildman–Crippen LogP) is 1.92. The van der Waals surface area contributed by atoms with Gasteiger partial charge < -0.3 is 5.32 Å². The van der Waals surface area contributed by atoms with Gasteiger partial charge in [0, 0.05) is 12.8 Å². The first-order valence-corrected chi connectivity index (χ1v) is 4.48. The van der Waals surface area contributed by atoms with Gasteiger partial charge in [0.25, 0.3) is 0 Å². The van der Waals surface area contributed by atoms with E-state index < -0.39 is 0 Å². The molecular weight excluding hydrogens is 162 g/mol. The summed E-state index contributed by atoms with van der Waals surface area (Å²) in [7, 11) is 0. The maximum Gasteiger partial charge on any atom is 0.217 e. The lowest BCUT2D eigenvalue weighted by molar-refractivity contribution is -0.120. The molecule has 0 rings (SSSR count). The third-order valence-electron chi connectivity index (χ3n) is 2.05. The van der Waals surface area contributed by atoms with Gasteiger partial charge in [-0.25, -0.2) is 0 Å².